The number of benzene rings is 6. The van der Waals surface area contributed by atoms with Crippen LogP contribution in [-0.2, 0) is 5.41 Å². The minimum Gasteiger partial charge on any atom is -0.456 e. The normalized spacial score (nSPS) is 20.6. The van der Waals surface area contributed by atoms with Gasteiger partial charge < -0.3 is 9.32 Å². The molecule has 0 N–H and O–H groups in total. The van der Waals surface area contributed by atoms with Gasteiger partial charge in [0.15, 0.2) is 0 Å². The molecular formula is C48H37NO. The van der Waals surface area contributed by atoms with Crippen molar-refractivity contribution < 1.29 is 4.42 Å². The number of rotatable bonds is 6. The maximum absolute atomic E-state index is 6.33. The molecule has 7 aromatic rings. The molecule has 0 amide bonds. The first-order valence-electron chi connectivity index (χ1n) is 18.3. The molecule has 0 saturated heterocycles. The summed E-state index contributed by atoms with van der Waals surface area (Å²) in [5.74, 6) is 0.807. The van der Waals surface area contributed by atoms with E-state index in [2.05, 4.69) is 164 Å². The number of hydrogen-bond acceptors (Lipinski definition) is 2. The molecule has 1 spiro atoms. The first-order valence-corrected chi connectivity index (χ1v) is 18.3. The van der Waals surface area contributed by atoms with Crippen molar-refractivity contribution in [1.29, 1.82) is 0 Å². The molecule has 0 aliphatic heterocycles. The Morgan fingerprint density at radius 3 is 2.00 bits per heavy atom. The van der Waals surface area contributed by atoms with Gasteiger partial charge in [-0.05, 0) is 104 Å². The minimum absolute atomic E-state index is 0.268. The topological polar surface area (TPSA) is 16.4 Å². The third kappa shape index (κ3) is 3.49. The second-order valence-electron chi connectivity index (χ2n) is 14.7. The highest BCUT2D eigenvalue weighted by Gasteiger charge is 2.57. The molecule has 4 unspecified atom stereocenters. The fourth-order valence-electron chi connectivity index (χ4n) is 10.3. The number of allylic oxidation sites excluding steroid dienone is 3. The van der Waals surface area contributed by atoms with E-state index in [1.165, 1.54) is 77.8 Å². The van der Waals surface area contributed by atoms with Crippen molar-refractivity contribution in [3.8, 4) is 33.4 Å². The highest BCUT2D eigenvalue weighted by atomic mass is 16.3. The Kier molecular flexibility index (Phi) is 5.77. The van der Waals surface area contributed by atoms with Gasteiger partial charge in [0.2, 0.25) is 0 Å². The molecule has 0 fully saturated rings. The Morgan fingerprint density at radius 2 is 1.22 bits per heavy atom. The smallest absolute Gasteiger partial charge is 0.135 e. The molecule has 11 rings (SSSR count). The van der Waals surface area contributed by atoms with Crippen LogP contribution in [0.25, 0.3) is 55.3 Å². The van der Waals surface area contributed by atoms with Crippen molar-refractivity contribution in [3.05, 3.63) is 168 Å². The van der Waals surface area contributed by atoms with Crippen molar-refractivity contribution in [2.75, 3.05) is 4.90 Å². The number of furan rings is 1. The van der Waals surface area contributed by atoms with Crippen LogP contribution in [0, 0.1) is 11.8 Å². The standard InChI is InChI=1S/C48H37NO/c1-3-12-43(32-14-5-4-13-29(32)2)49(30-24-26-45-40(27-30)35-16-7-9-22-44(35)50-45)31-23-25-34-37-18-11-20-39-38-19-10-17-36-33-15-6-8-21-41(33)48(46(36)38,47(37)39)42(34)28-31/h4-11,13-29,32,43H,3,12H2,1-2H3. The second kappa shape index (κ2) is 10.2. The zero-order valence-corrected chi connectivity index (χ0v) is 28.4. The third-order valence-electron chi connectivity index (χ3n) is 12.2. The summed E-state index contributed by atoms with van der Waals surface area (Å²) in [6.07, 6.45) is 11.5. The lowest BCUT2D eigenvalue weighted by molar-refractivity contribution is 0.388. The van der Waals surface area contributed by atoms with E-state index < -0.39 is 0 Å². The quantitative estimate of drug-likeness (QED) is 0.179. The van der Waals surface area contributed by atoms with E-state index in [-0.39, 0.29) is 11.5 Å². The molecule has 2 heteroatoms. The molecular weight excluding hydrogens is 607 g/mol. The zero-order chi connectivity index (χ0) is 33.1. The van der Waals surface area contributed by atoms with Crippen LogP contribution < -0.4 is 4.90 Å². The molecule has 1 aromatic heterocycles. The first kappa shape index (κ1) is 28.3. The van der Waals surface area contributed by atoms with Crippen LogP contribution in [0.15, 0.2) is 150 Å². The number of hydrogen-bond donors (Lipinski definition) is 0. The molecule has 240 valence electrons. The highest BCUT2D eigenvalue weighted by molar-refractivity contribution is 6.08. The summed E-state index contributed by atoms with van der Waals surface area (Å²) in [6.45, 7) is 4.71. The van der Waals surface area contributed by atoms with E-state index >= 15 is 0 Å². The van der Waals surface area contributed by atoms with E-state index in [0.29, 0.717) is 11.8 Å². The monoisotopic (exact) mass is 643 g/mol. The predicted octanol–water partition coefficient (Wildman–Crippen LogP) is 12.6. The van der Waals surface area contributed by atoms with E-state index in [1.54, 1.807) is 0 Å². The Hall–Kier alpha value is -5.60. The molecule has 4 atom stereocenters. The van der Waals surface area contributed by atoms with Crippen LogP contribution >= 0.6 is 0 Å². The fourth-order valence-corrected chi connectivity index (χ4v) is 10.3. The van der Waals surface area contributed by atoms with Crippen LogP contribution in [0.4, 0.5) is 11.4 Å². The molecule has 0 bridgehead atoms. The van der Waals surface area contributed by atoms with Crippen molar-refractivity contribution in [1.82, 2.24) is 0 Å². The van der Waals surface area contributed by atoms with E-state index in [9.17, 15) is 0 Å². The molecule has 0 saturated carbocycles. The second-order valence-corrected chi connectivity index (χ2v) is 14.7. The summed E-state index contributed by atoms with van der Waals surface area (Å²) in [4.78, 5) is 2.68. The average molecular weight is 644 g/mol. The molecule has 2 nitrogen and oxygen atoms in total. The van der Waals surface area contributed by atoms with Gasteiger partial charge in [0.25, 0.3) is 0 Å². The van der Waals surface area contributed by atoms with Gasteiger partial charge in [-0.25, -0.2) is 0 Å². The van der Waals surface area contributed by atoms with Gasteiger partial charge in [0, 0.05) is 34.1 Å². The lowest BCUT2D eigenvalue weighted by Gasteiger charge is -2.41. The van der Waals surface area contributed by atoms with Crippen LogP contribution in [0.3, 0.4) is 0 Å². The summed E-state index contributed by atoms with van der Waals surface area (Å²) < 4.78 is 6.33. The summed E-state index contributed by atoms with van der Waals surface area (Å²) in [5.41, 5.74) is 18.1. The van der Waals surface area contributed by atoms with Gasteiger partial charge in [-0.2, -0.15) is 0 Å². The largest absolute Gasteiger partial charge is 0.456 e. The van der Waals surface area contributed by atoms with Crippen molar-refractivity contribution in [3.63, 3.8) is 0 Å². The predicted molar refractivity (Wildman–Crippen MR) is 207 cm³/mol. The summed E-state index contributed by atoms with van der Waals surface area (Å²) in [6, 6.07) is 46.0. The number of fused-ring (bicyclic) bond motifs is 8. The summed E-state index contributed by atoms with van der Waals surface area (Å²) in [7, 11) is 0. The maximum Gasteiger partial charge on any atom is 0.135 e. The van der Waals surface area contributed by atoms with Gasteiger partial charge >= 0.3 is 0 Å². The molecule has 6 aromatic carbocycles. The van der Waals surface area contributed by atoms with Crippen LogP contribution in [0.5, 0.6) is 0 Å². The van der Waals surface area contributed by atoms with E-state index in [0.717, 1.165) is 24.0 Å². The minimum atomic E-state index is -0.308. The SMILES string of the molecule is CCCC(C1C=CC=CC1C)N(c1ccc2c(c1)C13c4ccccc4-c4cccc(c41)-c1cccc-2c13)c1ccc2oc3ccccc3c2c1. The molecule has 4 aliphatic rings. The molecule has 50 heavy (non-hydrogen) atoms. The van der Waals surface area contributed by atoms with Gasteiger partial charge in [-0.15, -0.1) is 0 Å². The molecule has 4 aliphatic carbocycles. The van der Waals surface area contributed by atoms with Crippen molar-refractivity contribution in [2.24, 2.45) is 11.8 Å². The Labute approximate surface area is 293 Å². The van der Waals surface area contributed by atoms with Crippen LogP contribution in [0.2, 0.25) is 0 Å². The highest BCUT2D eigenvalue weighted by Crippen LogP contribution is 2.70. The fraction of sp³-hybridized carbons (Fsp3) is 0.167. The third-order valence-corrected chi connectivity index (χ3v) is 12.2. The van der Waals surface area contributed by atoms with Crippen LogP contribution in [-0.4, -0.2) is 6.04 Å². The average Bonchev–Trinajstić information content (AvgIpc) is 3.87. The van der Waals surface area contributed by atoms with Gasteiger partial charge in [0.1, 0.15) is 11.2 Å². The lowest BCUT2D eigenvalue weighted by Crippen LogP contribution is -2.40. The first-order chi connectivity index (χ1) is 24.7. The number of nitrogens with zero attached hydrogens (tertiary/aromatic N) is 1. The molecule has 0 radical (unpaired) electrons. The van der Waals surface area contributed by atoms with E-state index in [1.807, 2.05) is 0 Å². The maximum atomic E-state index is 6.33. The van der Waals surface area contributed by atoms with Crippen molar-refractivity contribution >= 4 is 33.3 Å². The number of para-hydroxylation sites is 1. The molecule has 1 heterocycles. The van der Waals surface area contributed by atoms with Crippen LogP contribution in [0.1, 0.15) is 48.9 Å². The van der Waals surface area contributed by atoms with E-state index in [4.69, 9.17) is 4.42 Å². The summed E-state index contributed by atoms with van der Waals surface area (Å²) in [5, 5.41) is 2.33. The number of anilines is 2. The van der Waals surface area contributed by atoms with Gasteiger partial charge in [-0.3, -0.25) is 0 Å². The zero-order valence-electron chi connectivity index (χ0n) is 28.4. The Morgan fingerprint density at radius 1 is 0.600 bits per heavy atom. The van der Waals surface area contributed by atoms with Gasteiger partial charge in [-0.1, -0.05) is 130 Å². The van der Waals surface area contributed by atoms with Crippen molar-refractivity contribution in [2.45, 2.75) is 38.1 Å². The Balaban J connectivity index is 1.19. The Bertz CT molecular complexity index is 2580. The summed E-state index contributed by atoms with van der Waals surface area (Å²) >= 11 is 0. The lowest BCUT2D eigenvalue weighted by atomic mass is 9.73. The van der Waals surface area contributed by atoms with Gasteiger partial charge in [0.05, 0.1) is 5.41 Å².